The van der Waals surface area contributed by atoms with Crippen LogP contribution in [-0.4, -0.2) is 23.0 Å². The van der Waals surface area contributed by atoms with Crippen molar-refractivity contribution in [3.8, 4) is 0 Å². The molecule has 0 aromatic heterocycles. The summed E-state index contributed by atoms with van der Waals surface area (Å²) in [6.07, 6.45) is 0. The van der Waals surface area contributed by atoms with Gasteiger partial charge in [-0.15, -0.1) is 0 Å². The quantitative estimate of drug-likeness (QED) is 0.690. The smallest absolute Gasteiger partial charge is 0.338 e. The van der Waals surface area contributed by atoms with Gasteiger partial charge >= 0.3 is 5.97 Å². The Labute approximate surface area is 119 Å². The first kappa shape index (κ1) is 14.4. The maximum Gasteiger partial charge on any atom is 0.338 e. The number of nitro groups is 1. The molecule has 0 spiro atoms. The minimum atomic E-state index is -1.29. The fourth-order valence-corrected chi connectivity index (χ4v) is 2.02. The van der Waals surface area contributed by atoms with Crippen molar-refractivity contribution < 1.29 is 19.2 Å². The van der Waals surface area contributed by atoms with Crippen molar-refractivity contribution in [3.05, 3.63) is 64.0 Å². The average molecular weight is 290 g/mol. The molecular formula is C14H11FN2O4. The molecule has 0 aliphatic heterocycles. The molecule has 0 heterocycles. The molecule has 1 N–H and O–H groups in total. The van der Waals surface area contributed by atoms with Crippen molar-refractivity contribution in [3.63, 3.8) is 0 Å². The van der Waals surface area contributed by atoms with Crippen molar-refractivity contribution in [1.29, 1.82) is 0 Å². The van der Waals surface area contributed by atoms with Crippen LogP contribution in [0.25, 0.3) is 0 Å². The summed E-state index contributed by atoms with van der Waals surface area (Å²) in [6, 6.07) is 9.14. The minimum absolute atomic E-state index is 0.0967. The van der Waals surface area contributed by atoms with Crippen LogP contribution in [-0.2, 0) is 0 Å². The summed E-state index contributed by atoms with van der Waals surface area (Å²) < 4.78 is 13.3. The monoisotopic (exact) mass is 290 g/mol. The maximum atomic E-state index is 13.3. The molecular weight excluding hydrogens is 279 g/mol. The SMILES string of the molecule is CN(c1cccc(F)c1)c1c(C(=O)O)cccc1[N+](=O)[O-]. The predicted octanol–water partition coefficient (Wildman–Crippen LogP) is 3.20. The lowest BCUT2D eigenvalue weighted by molar-refractivity contribution is -0.384. The number of rotatable bonds is 4. The normalized spacial score (nSPS) is 10.2. The van der Waals surface area contributed by atoms with Crippen LogP contribution in [0.5, 0.6) is 0 Å². The topological polar surface area (TPSA) is 83.7 Å². The number of carbonyl (C=O) groups is 1. The molecule has 2 aromatic rings. The van der Waals surface area contributed by atoms with Crippen molar-refractivity contribution in [2.75, 3.05) is 11.9 Å². The summed E-state index contributed by atoms with van der Waals surface area (Å²) in [5.41, 5.74) is -0.370. The van der Waals surface area contributed by atoms with Gasteiger partial charge in [0.2, 0.25) is 0 Å². The molecule has 2 rings (SSSR count). The van der Waals surface area contributed by atoms with E-state index in [0.717, 1.165) is 0 Å². The van der Waals surface area contributed by atoms with Crippen molar-refractivity contribution in [2.45, 2.75) is 0 Å². The second kappa shape index (κ2) is 5.58. The molecule has 0 fully saturated rings. The van der Waals surface area contributed by atoms with Crippen LogP contribution in [0.3, 0.4) is 0 Å². The summed E-state index contributed by atoms with van der Waals surface area (Å²) in [4.78, 5) is 23.0. The number of aromatic carboxylic acids is 1. The van der Waals surface area contributed by atoms with Crippen LogP contribution in [0.15, 0.2) is 42.5 Å². The number of hydrogen-bond acceptors (Lipinski definition) is 4. The summed E-state index contributed by atoms with van der Waals surface area (Å²) >= 11 is 0. The fraction of sp³-hybridized carbons (Fsp3) is 0.0714. The molecule has 0 atom stereocenters. The second-order valence-corrected chi connectivity index (χ2v) is 4.27. The maximum absolute atomic E-state index is 13.3. The molecule has 0 aliphatic carbocycles. The third-order valence-corrected chi connectivity index (χ3v) is 2.97. The summed E-state index contributed by atoms with van der Waals surface area (Å²) in [5, 5.41) is 20.3. The molecule has 0 radical (unpaired) electrons. The highest BCUT2D eigenvalue weighted by Gasteiger charge is 2.25. The van der Waals surface area contributed by atoms with E-state index in [0.29, 0.717) is 5.69 Å². The Kier molecular flexibility index (Phi) is 3.84. The van der Waals surface area contributed by atoms with Gasteiger partial charge in [-0.1, -0.05) is 12.1 Å². The molecule has 6 nitrogen and oxygen atoms in total. The largest absolute Gasteiger partial charge is 0.478 e. The first-order valence-corrected chi connectivity index (χ1v) is 5.92. The molecule has 0 aliphatic rings. The number of benzene rings is 2. The van der Waals surface area contributed by atoms with Gasteiger partial charge in [0.25, 0.3) is 5.69 Å². The number of nitro benzene ring substituents is 1. The van der Waals surface area contributed by atoms with Gasteiger partial charge in [0.15, 0.2) is 0 Å². The lowest BCUT2D eigenvalue weighted by Crippen LogP contribution is -2.16. The molecule has 21 heavy (non-hydrogen) atoms. The second-order valence-electron chi connectivity index (χ2n) is 4.27. The molecule has 2 aromatic carbocycles. The predicted molar refractivity (Wildman–Crippen MR) is 74.5 cm³/mol. The summed E-state index contributed by atoms with van der Waals surface area (Å²) in [5.74, 6) is -1.81. The third-order valence-electron chi connectivity index (χ3n) is 2.97. The van der Waals surface area contributed by atoms with Gasteiger partial charge in [-0.05, 0) is 24.3 Å². The van der Waals surface area contributed by atoms with E-state index in [1.165, 1.54) is 54.4 Å². The number of anilines is 2. The van der Waals surface area contributed by atoms with Crippen LogP contribution in [0.1, 0.15) is 10.4 Å². The molecule has 0 saturated heterocycles. The Morgan fingerprint density at radius 1 is 1.29 bits per heavy atom. The van der Waals surface area contributed by atoms with Crippen molar-refractivity contribution in [2.24, 2.45) is 0 Å². The Bertz CT molecular complexity index is 686. The van der Waals surface area contributed by atoms with Gasteiger partial charge in [-0.3, -0.25) is 10.1 Å². The minimum Gasteiger partial charge on any atom is -0.478 e. The number of carboxylic acid groups (broad SMARTS) is 1. The van der Waals surface area contributed by atoms with E-state index in [1.54, 1.807) is 0 Å². The number of halogens is 1. The van der Waals surface area contributed by atoms with Gasteiger partial charge in [-0.2, -0.15) is 0 Å². The third kappa shape index (κ3) is 2.81. The van der Waals surface area contributed by atoms with Crippen LogP contribution >= 0.6 is 0 Å². The number of para-hydroxylation sites is 1. The summed E-state index contributed by atoms with van der Waals surface area (Å²) in [6.45, 7) is 0. The first-order chi connectivity index (χ1) is 9.91. The zero-order valence-corrected chi connectivity index (χ0v) is 11.0. The fourth-order valence-electron chi connectivity index (χ4n) is 2.02. The van der Waals surface area contributed by atoms with Gasteiger partial charge in [-0.25, -0.2) is 9.18 Å². The molecule has 7 heteroatoms. The van der Waals surface area contributed by atoms with Crippen LogP contribution in [0.2, 0.25) is 0 Å². The van der Waals surface area contributed by atoms with E-state index in [1.807, 2.05) is 0 Å². The Morgan fingerprint density at radius 3 is 2.52 bits per heavy atom. The zero-order valence-electron chi connectivity index (χ0n) is 11.0. The molecule has 0 amide bonds. The Hall–Kier alpha value is -2.96. The lowest BCUT2D eigenvalue weighted by Gasteiger charge is -2.21. The Morgan fingerprint density at radius 2 is 1.95 bits per heavy atom. The molecule has 0 bridgehead atoms. The average Bonchev–Trinajstić information content (AvgIpc) is 2.45. The van der Waals surface area contributed by atoms with E-state index < -0.39 is 16.7 Å². The molecule has 108 valence electrons. The summed E-state index contributed by atoms with van der Waals surface area (Å²) in [7, 11) is 1.45. The van der Waals surface area contributed by atoms with E-state index >= 15 is 0 Å². The highest BCUT2D eigenvalue weighted by atomic mass is 19.1. The van der Waals surface area contributed by atoms with E-state index in [9.17, 15) is 24.4 Å². The highest BCUT2D eigenvalue weighted by Crippen LogP contribution is 2.35. The number of nitrogens with zero attached hydrogens (tertiary/aromatic N) is 2. The Balaban J connectivity index is 2.65. The van der Waals surface area contributed by atoms with Gasteiger partial charge in [0.1, 0.15) is 11.5 Å². The van der Waals surface area contributed by atoms with Gasteiger partial charge in [0, 0.05) is 18.8 Å². The van der Waals surface area contributed by atoms with Crippen molar-refractivity contribution >= 4 is 23.0 Å². The number of carboxylic acids is 1. The molecule has 0 saturated carbocycles. The number of hydrogen-bond donors (Lipinski definition) is 1. The van der Waals surface area contributed by atoms with Gasteiger partial charge in [0.05, 0.1) is 10.5 Å². The standard InChI is InChI=1S/C14H11FN2O4/c1-16(10-5-2-4-9(15)8-10)13-11(14(18)19)6-3-7-12(13)17(20)21/h2-8H,1H3,(H,18,19). The van der Waals surface area contributed by atoms with Crippen LogP contribution in [0, 0.1) is 15.9 Å². The van der Waals surface area contributed by atoms with E-state index in [4.69, 9.17) is 0 Å². The van der Waals surface area contributed by atoms with Crippen LogP contribution in [0.4, 0.5) is 21.5 Å². The zero-order chi connectivity index (χ0) is 15.6. The van der Waals surface area contributed by atoms with Crippen LogP contribution < -0.4 is 4.90 Å². The van der Waals surface area contributed by atoms with E-state index in [-0.39, 0.29) is 16.9 Å². The van der Waals surface area contributed by atoms with Gasteiger partial charge < -0.3 is 10.0 Å². The lowest BCUT2D eigenvalue weighted by atomic mass is 10.1. The van der Waals surface area contributed by atoms with E-state index in [2.05, 4.69) is 0 Å². The van der Waals surface area contributed by atoms with Crippen molar-refractivity contribution in [1.82, 2.24) is 0 Å². The molecule has 0 unspecified atom stereocenters. The first-order valence-electron chi connectivity index (χ1n) is 5.92. The highest BCUT2D eigenvalue weighted by molar-refractivity contribution is 5.98.